The van der Waals surface area contributed by atoms with E-state index in [1.807, 2.05) is 43.5 Å². The monoisotopic (exact) mass is 356 g/mol. The van der Waals surface area contributed by atoms with Gasteiger partial charge in [-0.05, 0) is 49.9 Å². The first-order chi connectivity index (χ1) is 12.0. The minimum atomic E-state index is -0.287. The van der Waals surface area contributed by atoms with E-state index in [-0.39, 0.29) is 23.6 Å². The maximum absolute atomic E-state index is 12.6. The van der Waals surface area contributed by atoms with Crippen molar-refractivity contribution in [3.05, 3.63) is 63.5 Å². The smallest absolute Gasteiger partial charge is 0.268 e. The van der Waals surface area contributed by atoms with Crippen LogP contribution in [0, 0.1) is 6.92 Å². The predicted octanol–water partition coefficient (Wildman–Crippen LogP) is 4.13. The maximum atomic E-state index is 12.6. The Morgan fingerprint density at radius 2 is 2.04 bits per heavy atom. The molecule has 0 aliphatic carbocycles. The second kappa shape index (κ2) is 9.18. The molecule has 5 heteroatoms. The molecule has 25 heavy (non-hydrogen) atoms. The molecule has 0 saturated heterocycles. The zero-order chi connectivity index (χ0) is 18.2. The normalized spacial score (nSPS) is 12.5. The fourth-order valence-corrected chi connectivity index (χ4v) is 3.12. The number of amides is 2. The van der Waals surface area contributed by atoms with E-state index in [9.17, 15) is 9.59 Å². The molecule has 0 fully saturated rings. The van der Waals surface area contributed by atoms with Crippen molar-refractivity contribution in [2.45, 2.75) is 39.7 Å². The van der Waals surface area contributed by atoms with E-state index in [4.69, 9.17) is 0 Å². The Bertz CT molecular complexity index is 751. The summed E-state index contributed by atoms with van der Waals surface area (Å²) in [5, 5.41) is 7.64. The van der Waals surface area contributed by atoms with Crippen LogP contribution in [0.15, 0.2) is 47.5 Å². The van der Waals surface area contributed by atoms with E-state index in [0.717, 1.165) is 23.3 Å². The molecule has 4 nitrogen and oxygen atoms in total. The van der Waals surface area contributed by atoms with E-state index in [2.05, 4.69) is 17.6 Å². The van der Waals surface area contributed by atoms with Crippen LogP contribution in [0.1, 0.15) is 47.5 Å². The molecule has 1 atom stereocenters. The van der Waals surface area contributed by atoms with Gasteiger partial charge in [0.25, 0.3) is 11.8 Å². The Balaban J connectivity index is 2.20. The third-order valence-corrected chi connectivity index (χ3v) is 4.52. The molecular formula is C20H24N2O2S. The van der Waals surface area contributed by atoms with Crippen molar-refractivity contribution >= 4 is 29.2 Å². The number of aryl methyl sites for hydroxylation is 1. The molecule has 0 aliphatic heterocycles. The van der Waals surface area contributed by atoms with Crippen molar-refractivity contribution in [1.82, 2.24) is 10.6 Å². The average molecular weight is 356 g/mol. The minimum absolute atomic E-state index is 0.0557. The summed E-state index contributed by atoms with van der Waals surface area (Å²) in [5.41, 5.74) is 1.79. The number of benzene rings is 1. The van der Waals surface area contributed by atoms with Crippen LogP contribution in [-0.4, -0.2) is 17.9 Å². The zero-order valence-corrected chi connectivity index (χ0v) is 15.7. The standard InChI is InChI=1S/C20H24N2O2S/c1-4-7-15(3)21-20(24)18(13-17-10-6-11-25-17)22-19(23)16-9-5-8-14(2)12-16/h5-6,8-13,15H,4,7H2,1-3H3,(H,21,24)(H,22,23)/b18-13-. The van der Waals surface area contributed by atoms with Gasteiger partial charge in [0.15, 0.2) is 0 Å². The van der Waals surface area contributed by atoms with Crippen molar-refractivity contribution < 1.29 is 9.59 Å². The number of rotatable bonds is 7. The lowest BCUT2D eigenvalue weighted by molar-refractivity contribution is -0.118. The highest BCUT2D eigenvalue weighted by molar-refractivity contribution is 7.10. The van der Waals surface area contributed by atoms with Crippen molar-refractivity contribution in [1.29, 1.82) is 0 Å². The lowest BCUT2D eigenvalue weighted by Crippen LogP contribution is -2.39. The van der Waals surface area contributed by atoms with Gasteiger partial charge in [0.1, 0.15) is 5.70 Å². The van der Waals surface area contributed by atoms with Gasteiger partial charge in [-0.25, -0.2) is 0 Å². The van der Waals surface area contributed by atoms with Crippen molar-refractivity contribution in [2.24, 2.45) is 0 Å². The number of carbonyl (C=O) groups excluding carboxylic acids is 2. The highest BCUT2D eigenvalue weighted by Crippen LogP contribution is 2.14. The largest absolute Gasteiger partial charge is 0.348 e. The quantitative estimate of drug-likeness (QED) is 0.733. The van der Waals surface area contributed by atoms with E-state index < -0.39 is 0 Å². The minimum Gasteiger partial charge on any atom is -0.348 e. The Labute approximate surface area is 153 Å². The summed E-state index contributed by atoms with van der Waals surface area (Å²) in [5.74, 6) is -0.555. The third kappa shape index (κ3) is 5.87. The van der Waals surface area contributed by atoms with Gasteiger partial charge in [0, 0.05) is 16.5 Å². The number of hydrogen-bond acceptors (Lipinski definition) is 3. The van der Waals surface area contributed by atoms with Gasteiger partial charge in [-0.2, -0.15) is 0 Å². The highest BCUT2D eigenvalue weighted by atomic mass is 32.1. The van der Waals surface area contributed by atoms with Gasteiger partial charge in [-0.3, -0.25) is 9.59 Å². The van der Waals surface area contributed by atoms with Crippen LogP contribution in [0.25, 0.3) is 6.08 Å². The number of nitrogens with one attached hydrogen (secondary N) is 2. The maximum Gasteiger partial charge on any atom is 0.268 e. The van der Waals surface area contributed by atoms with Gasteiger partial charge < -0.3 is 10.6 Å². The molecule has 2 rings (SSSR count). The van der Waals surface area contributed by atoms with Crippen molar-refractivity contribution in [3.8, 4) is 0 Å². The first-order valence-corrected chi connectivity index (χ1v) is 9.31. The summed E-state index contributed by atoms with van der Waals surface area (Å²) in [6.07, 6.45) is 3.59. The van der Waals surface area contributed by atoms with Crippen LogP contribution in [-0.2, 0) is 4.79 Å². The van der Waals surface area contributed by atoms with Gasteiger partial charge in [-0.1, -0.05) is 37.1 Å². The second-order valence-corrected chi connectivity index (χ2v) is 7.04. The second-order valence-electron chi connectivity index (χ2n) is 6.06. The van der Waals surface area contributed by atoms with Crippen molar-refractivity contribution in [3.63, 3.8) is 0 Å². The molecule has 1 aromatic heterocycles. The summed E-state index contributed by atoms with van der Waals surface area (Å²) < 4.78 is 0. The van der Waals surface area contributed by atoms with Crippen LogP contribution < -0.4 is 10.6 Å². The number of carbonyl (C=O) groups is 2. The number of hydrogen-bond donors (Lipinski definition) is 2. The molecule has 0 aliphatic rings. The molecule has 2 N–H and O–H groups in total. The molecule has 0 spiro atoms. The summed E-state index contributed by atoms with van der Waals surface area (Å²) in [7, 11) is 0. The molecule has 2 amide bonds. The zero-order valence-electron chi connectivity index (χ0n) is 14.8. The van der Waals surface area contributed by atoms with E-state index in [1.54, 1.807) is 18.2 Å². The van der Waals surface area contributed by atoms with Gasteiger partial charge in [0.05, 0.1) is 0 Å². The fourth-order valence-electron chi connectivity index (χ4n) is 2.46. The molecule has 0 radical (unpaired) electrons. The van der Waals surface area contributed by atoms with Crippen molar-refractivity contribution in [2.75, 3.05) is 0 Å². The van der Waals surface area contributed by atoms with Crippen LogP contribution in [0.3, 0.4) is 0 Å². The van der Waals surface area contributed by atoms with E-state index >= 15 is 0 Å². The van der Waals surface area contributed by atoms with Crippen LogP contribution in [0.4, 0.5) is 0 Å². The van der Waals surface area contributed by atoms with Crippen LogP contribution in [0.2, 0.25) is 0 Å². The predicted molar refractivity (Wildman–Crippen MR) is 103 cm³/mol. The first-order valence-electron chi connectivity index (χ1n) is 8.43. The van der Waals surface area contributed by atoms with Crippen LogP contribution >= 0.6 is 11.3 Å². The topological polar surface area (TPSA) is 58.2 Å². The number of thiophene rings is 1. The lowest BCUT2D eigenvalue weighted by atomic mass is 10.1. The molecule has 0 saturated carbocycles. The first kappa shape index (κ1) is 18.9. The Morgan fingerprint density at radius 1 is 1.24 bits per heavy atom. The SMILES string of the molecule is CCCC(C)NC(=O)/C(=C/c1cccs1)NC(=O)c1cccc(C)c1. The summed E-state index contributed by atoms with van der Waals surface area (Å²) in [6, 6.07) is 11.2. The molecule has 2 aromatic rings. The Kier molecular flexibility index (Phi) is 6.95. The molecule has 1 heterocycles. The third-order valence-electron chi connectivity index (χ3n) is 3.70. The summed E-state index contributed by atoms with van der Waals surface area (Å²) in [6.45, 7) is 5.97. The Morgan fingerprint density at radius 3 is 2.68 bits per heavy atom. The molecule has 1 aromatic carbocycles. The molecule has 0 bridgehead atoms. The lowest BCUT2D eigenvalue weighted by Gasteiger charge is -2.15. The summed E-state index contributed by atoms with van der Waals surface area (Å²) >= 11 is 1.52. The molecular weight excluding hydrogens is 332 g/mol. The molecule has 1 unspecified atom stereocenters. The summed E-state index contributed by atoms with van der Waals surface area (Å²) in [4.78, 5) is 26.0. The van der Waals surface area contributed by atoms with Gasteiger partial charge >= 0.3 is 0 Å². The van der Waals surface area contributed by atoms with E-state index in [1.165, 1.54) is 11.3 Å². The average Bonchev–Trinajstić information content (AvgIpc) is 3.07. The molecule has 132 valence electrons. The highest BCUT2D eigenvalue weighted by Gasteiger charge is 2.16. The van der Waals surface area contributed by atoms with Gasteiger partial charge in [-0.15, -0.1) is 11.3 Å². The van der Waals surface area contributed by atoms with Gasteiger partial charge in [0.2, 0.25) is 0 Å². The van der Waals surface area contributed by atoms with E-state index in [0.29, 0.717) is 5.56 Å². The van der Waals surface area contributed by atoms with Crippen LogP contribution in [0.5, 0.6) is 0 Å². The fraction of sp³-hybridized carbons (Fsp3) is 0.300. The Hall–Kier alpha value is -2.40.